The average Bonchev–Trinajstić information content (AvgIpc) is 2.79. The molecule has 7 nitrogen and oxygen atoms in total. The monoisotopic (exact) mass is 347 g/mol. The highest BCUT2D eigenvalue weighted by Gasteiger charge is 2.56. The Bertz CT molecular complexity index is 638. The first kappa shape index (κ1) is 17.7. The number of urea groups is 1. The van der Waals surface area contributed by atoms with Crippen LogP contribution in [-0.2, 0) is 16.1 Å². The predicted octanol–water partition coefficient (Wildman–Crippen LogP) is 1.27. The number of nitrogens with zero attached hydrogens (tertiary/aromatic N) is 3. The van der Waals surface area contributed by atoms with Gasteiger partial charge in [-0.2, -0.15) is 0 Å². The van der Waals surface area contributed by atoms with E-state index in [0.717, 1.165) is 25.2 Å². The first-order valence-electron chi connectivity index (χ1n) is 8.57. The Kier molecular flexibility index (Phi) is 4.96. The number of hydrogen-bond acceptors (Lipinski definition) is 5. The zero-order valence-electron chi connectivity index (χ0n) is 14.8. The lowest BCUT2D eigenvalue weighted by molar-refractivity contribution is -0.135. The van der Waals surface area contributed by atoms with E-state index in [1.807, 2.05) is 12.1 Å². The standard InChI is InChI=1S/C18H25N3O4/c1-19-16(23)18(21(17(19)24)11-12-25-2)7-9-20(10-8-18)13-14-3-5-15(22)6-4-14/h3-6,22H,7-13H2,1-2H3. The average molecular weight is 347 g/mol. The van der Waals surface area contributed by atoms with Gasteiger partial charge in [0.2, 0.25) is 0 Å². The molecule has 25 heavy (non-hydrogen) atoms. The second kappa shape index (κ2) is 7.01. The molecule has 2 aliphatic rings. The molecule has 2 saturated heterocycles. The summed E-state index contributed by atoms with van der Waals surface area (Å²) < 4.78 is 5.11. The van der Waals surface area contributed by atoms with Crippen LogP contribution in [0, 0.1) is 0 Å². The zero-order chi connectivity index (χ0) is 18.0. The number of aromatic hydroxyl groups is 1. The van der Waals surface area contributed by atoms with E-state index in [0.29, 0.717) is 26.0 Å². The summed E-state index contributed by atoms with van der Waals surface area (Å²) in [5, 5.41) is 9.38. The second-order valence-electron chi connectivity index (χ2n) is 6.77. The van der Waals surface area contributed by atoms with Crippen molar-refractivity contribution < 1.29 is 19.4 Å². The van der Waals surface area contributed by atoms with Crippen molar-refractivity contribution in [2.75, 3.05) is 40.4 Å². The number of rotatable bonds is 5. The van der Waals surface area contributed by atoms with Gasteiger partial charge in [0.15, 0.2) is 0 Å². The Labute approximate surface area is 147 Å². The van der Waals surface area contributed by atoms with Crippen LogP contribution < -0.4 is 0 Å². The zero-order valence-corrected chi connectivity index (χ0v) is 14.8. The summed E-state index contributed by atoms with van der Waals surface area (Å²) in [5.74, 6) is 0.158. The van der Waals surface area contributed by atoms with Crippen molar-refractivity contribution in [1.82, 2.24) is 14.7 Å². The third-order valence-electron chi connectivity index (χ3n) is 5.28. The van der Waals surface area contributed by atoms with Gasteiger partial charge in [0, 0.05) is 40.3 Å². The second-order valence-corrected chi connectivity index (χ2v) is 6.77. The number of hydrogen-bond donors (Lipinski definition) is 1. The molecule has 1 N–H and O–H groups in total. The molecule has 1 aromatic carbocycles. The topological polar surface area (TPSA) is 73.3 Å². The number of piperidine rings is 1. The first-order valence-corrected chi connectivity index (χ1v) is 8.57. The van der Waals surface area contributed by atoms with Crippen LogP contribution in [0.25, 0.3) is 0 Å². The summed E-state index contributed by atoms with van der Waals surface area (Å²) in [5.41, 5.74) is 0.395. The number of carbonyl (C=O) groups is 2. The summed E-state index contributed by atoms with van der Waals surface area (Å²) in [4.78, 5) is 30.4. The number of methoxy groups -OCH3 is 1. The maximum absolute atomic E-state index is 12.7. The molecular formula is C18H25N3O4. The highest BCUT2D eigenvalue weighted by Crippen LogP contribution is 2.36. The highest BCUT2D eigenvalue weighted by molar-refractivity contribution is 6.06. The van der Waals surface area contributed by atoms with Crippen molar-refractivity contribution in [3.63, 3.8) is 0 Å². The molecule has 0 unspecified atom stereocenters. The Hall–Kier alpha value is -2.12. The molecule has 7 heteroatoms. The minimum absolute atomic E-state index is 0.0992. The van der Waals surface area contributed by atoms with E-state index in [2.05, 4.69) is 4.90 Å². The van der Waals surface area contributed by atoms with E-state index in [-0.39, 0.29) is 17.7 Å². The van der Waals surface area contributed by atoms with Gasteiger partial charge in [-0.3, -0.25) is 14.6 Å². The van der Waals surface area contributed by atoms with E-state index < -0.39 is 5.54 Å². The molecule has 2 aliphatic heterocycles. The van der Waals surface area contributed by atoms with E-state index in [9.17, 15) is 14.7 Å². The van der Waals surface area contributed by atoms with Gasteiger partial charge in [0.25, 0.3) is 5.91 Å². The summed E-state index contributed by atoms with van der Waals surface area (Å²) in [6.45, 7) is 3.12. The molecule has 1 aromatic rings. The predicted molar refractivity (Wildman–Crippen MR) is 92.1 cm³/mol. The summed E-state index contributed by atoms with van der Waals surface area (Å²) >= 11 is 0. The van der Waals surface area contributed by atoms with Gasteiger partial charge in [-0.25, -0.2) is 4.79 Å². The van der Waals surface area contributed by atoms with Crippen molar-refractivity contribution >= 4 is 11.9 Å². The summed E-state index contributed by atoms with van der Waals surface area (Å²) in [7, 11) is 3.15. The molecule has 136 valence electrons. The number of amides is 3. The lowest BCUT2D eigenvalue weighted by Gasteiger charge is -2.42. The molecule has 0 atom stereocenters. The van der Waals surface area contributed by atoms with E-state index in [1.54, 1.807) is 31.2 Å². The van der Waals surface area contributed by atoms with Crippen molar-refractivity contribution in [2.45, 2.75) is 24.9 Å². The minimum Gasteiger partial charge on any atom is -0.508 e. The fourth-order valence-electron chi connectivity index (χ4n) is 3.80. The quantitative estimate of drug-likeness (QED) is 0.812. The third-order valence-corrected chi connectivity index (χ3v) is 5.28. The van der Waals surface area contributed by atoms with Crippen LogP contribution in [0.15, 0.2) is 24.3 Å². The van der Waals surface area contributed by atoms with Crippen molar-refractivity contribution in [1.29, 1.82) is 0 Å². The van der Waals surface area contributed by atoms with Gasteiger partial charge >= 0.3 is 6.03 Å². The smallest absolute Gasteiger partial charge is 0.327 e. The Morgan fingerprint density at radius 3 is 2.40 bits per heavy atom. The van der Waals surface area contributed by atoms with Gasteiger partial charge in [0.05, 0.1) is 6.61 Å². The fraction of sp³-hybridized carbons (Fsp3) is 0.556. The Morgan fingerprint density at radius 2 is 1.80 bits per heavy atom. The molecule has 0 saturated carbocycles. The maximum Gasteiger partial charge on any atom is 0.327 e. The molecule has 1 spiro atoms. The van der Waals surface area contributed by atoms with Crippen LogP contribution >= 0.6 is 0 Å². The minimum atomic E-state index is -0.726. The molecule has 3 amide bonds. The number of phenols is 1. The van der Waals surface area contributed by atoms with Crippen LogP contribution in [0.2, 0.25) is 0 Å². The number of likely N-dealkylation sites (N-methyl/N-ethyl adjacent to an activating group) is 1. The van der Waals surface area contributed by atoms with E-state index in [1.165, 1.54) is 4.90 Å². The molecule has 0 aliphatic carbocycles. The summed E-state index contributed by atoms with van der Waals surface area (Å²) in [6, 6.07) is 6.95. The number of carbonyl (C=O) groups excluding carboxylic acids is 2. The van der Waals surface area contributed by atoms with Crippen LogP contribution in [-0.4, -0.2) is 77.7 Å². The van der Waals surface area contributed by atoms with Gasteiger partial charge in [-0.1, -0.05) is 12.1 Å². The lowest BCUT2D eigenvalue weighted by atomic mass is 9.85. The number of imide groups is 1. The molecular weight excluding hydrogens is 322 g/mol. The van der Waals surface area contributed by atoms with Crippen molar-refractivity contribution in [3.8, 4) is 5.75 Å². The van der Waals surface area contributed by atoms with Gasteiger partial charge in [-0.15, -0.1) is 0 Å². The SMILES string of the molecule is COCCN1C(=O)N(C)C(=O)C12CCN(Cc1ccc(O)cc1)CC2. The molecule has 0 radical (unpaired) electrons. The Balaban J connectivity index is 1.68. The first-order chi connectivity index (χ1) is 12.0. The molecule has 2 fully saturated rings. The summed E-state index contributed by atoms with van der Waals surface area (Å²) in [6.07, 6.45) is 1.26. The molecule has 3 rings (SSSR count). The highest BCUT2D eigenvalue weighted by atomic mass is 16.5. The lowest BCUT2D eigenvalue weighted by Crippen LogP contribution is -2.57. The van der Waals surface area contributed by atoms with Crippen molar-refractivity contribution in [2.24, 2.45) is 0 Å². The maximum atomic E-state index is 12.7. The number of phenolic OH excluding ortho intramolecular Hbond substituents is 1. The van der Waals surface area contributed by atoms with Crippen LogP contribution in [0.3, 0.4) is 0 Å². The van der Waals surface area contributed by atoms with Crippen LogP contribution in [0.1, 0.15) is 18.4 Å². The fourth-order valence-corrected chi connectivity index (χ4v) is 3.80. The van der Waals surface area contributed by atoms with Gasteiger partial charge < -0.3 is 14.7 Å². The van der Waals surface area contributed by atoms with E-state index in [4.69, 9.17) is 4.74 Å². The molecule has 0 aromatic heterocycles. The van der Waals surface area contributed by atoms with E-state index >= 15 is 0 Å². The number of benzene rings is 1. The third kappa shape index (κ3) is 3.21. The largest absolute Gasteiger partial charge is 0.508 e. The number of ether oxygens (including phenoxy) is 1. The van der Waals surface area contributed by atoms with Crippen LogP contribution in [0.4, 0.5) is 4.79 Å². The molecule has 2 heterocycles. The normalized spacial score (nSPS) is 20.7. The molecule has 0 bridgehead atoms. The van der Waals surface area contributed by atoms with Crippen molar-refractivity contribution in [3.05, 3.63) is 29.8 Å². The van der Waals surface area contributed by atoms with Gasteiger partial charge in [-0.05, 0) is 30.5 Å². The Morgan fingerprint density at radius 1 is 1.16 bits per heavy atom. The van der Waals surface area contributed by atoms with Gasteiger partial charge in [0.1, 0.15) is 11.3 Å². The number of likely N-dealkylation sites (tertiary alicyclic amines) is 1. The van der Waals surface area contributed by atoms with Crippen LogP contribution in [0.5, 0.6) is 5.75 Å².